The van der Waals surface area contributed by atoms with Crippen molar-refractivity contribution >= 4 is 11.9 Å². The van der Waals surface area contributed by atoms with Crippen LogP contribution in [0.2, 0.25) is 0 Å². The van der Waals surface area contributed by atoms with Gasteiger partial charge >= 0.3 is 6.36 Å². The smallest absolute Gasteiger partial charge is 0.403 e. The summed E-state index contributed by atoms with van der Waals surface area (Å²) in [5, 5.41) is 2.54. The molecule has 1 atom stereocenters. The van der Waals surface area contributed by atoms with Gasteiger partial charge in [0.15, 0.2) is 11.6 Å². The zero-order valence-electron chi connectivity index (χ0n) is 17.2. The van der Waals surface area contributed by atoms with Gasteiger partial charge in [-0.3, -0.25) is 14.6 Å². The van der Waals surface area contributed by atoms with Crippen LogP contribution < -0.4 is 20.5 Å². The van der Waals surface area contributed by atoms with Gasteiger partial charge in [0, 0.05) is 26.3 Å². The summed E-state index contributed by atoms with van der Waals surface area (Å²) < 4.78 is 59.7. The zero-order valence-corrected chi connectivity index (χ0v) is 17.2. The molecule has 8 nitrogen and oxygen atoms in total. The van der Waals surface area contributed by atoms with Crippen molar-refractivity contribution in [1.82, 2.24) is 15.3 Å². The number of hydrogen-bond acceptors (Lipinski definition) is 6. The standard InChI is InChI=1S/C19H22F4N4O4/c1-10(2)27(3)18-25-13(8-16(28)26-18)17(29)24-14(9-30-4)11-5-6-15(12(20)7-11)31-19(21,22)23/h5-8,10,14H,9H2,1-4H3,(H,24,29)(H,25,26,28)/t14-/m1/s1. The number of ether oxygens (including phenoxy) is 2. The third kappa shape index (κ3) is 6.67. The summed E-state index contributed by atoms with van der Waals surface area (Å²) in [5.41, 5.74) is -0.609. The van der Waals surface area contributed by atoms with Gasteiger partial charge in [0.1, 0.15) is 5.69 Å². The lowest BCUT2D eigenvalue weighted by molar-refractivity contribution is -0.275. The van der Waals surface area contributed by atoms with Crippen molar-refractivity contribution in [2.24, 2.45) is 0 Å². The number of rotatable bonds is 8. The Labute approximate surface area is 175 Å². The molecule has 0 spiro atoms. The lowest BCUT2D eigenvalue weighted by Gasteiger charge is -2.22. The predicted octanol–water partition coefficient (Wildman–Crippen LogP) is 2.77. The number of methoxy groups -OCH3 is 1. The SMILES string of the molecule is COC[C@@H](NC(=O)c1cc(=O)[nH]c(N(C)C(C)C)n1)c1ccc(OC(F)(F)F)c(F)c1. The fraction of sp³-hybridized carbons (Fsp3) is 0.421. The summed E-state index contributed by atoms with van der Waals surface area (Å²) >= 11 is 0. The number of aromatic amines is 1. The lowest BCUT2D eigenvalue weighted by Crippen LogP contribution is -2.34. The molecular formula is C19H22F4N4O4. The largest absolute Gasteiger partial charge is 0.573 e. The van der Waals surface area contributed by atoms with E-state index in [2.05, 4.69) is 20.0 Å². The molecule has 0 aliphatic heterocycles. The molecule has 0 saturated carbocycles. The van der Waals surface area contributed by atoms with E-state index in [0.29, 0.717) is 0 Å². The van der Waals surface area contributed by atoms with Crippen LogP contribution in [0, 0.1) is 5.82 Å². The molecule has 1 aromatic heterocycles. The van der Waals surface area contributed by atoms with E-state index in [1.807, 2.05) is 13.8 Å². The molecule has 12 heteroatoms. The maximum Gasteiger partial charge on any atom is 0.573 e. The number of halogens is 4. The molecule has 0 unspecified atom stereocenters. The average Bonchev–Trinajstić information content (AvgIpc) is 2.67. The van der Waals surface area contributed by atoms with Crippen molar-refractivity contribution in [3.8, 4) is 5.75 Å². The minimum absolute atomic E-state index is 0.0110. The highest BCUT2D eigenvalue weighted by molar-refractivity contribution is 5.92. The number of H-pyrrole nitrogens is 1. The molecule has 1 heterocycles. The van der Waals surface area contributed by atoms with Gasteiger partial charge in [0.2, 0.25) is 5.95 Å². The number of nitrogens with one attached hydrogen (secondary N) is 2. The molecule has 0 aliphatic carbocycles. The van der Waals surface area contributed by atoms with E-state index < -0.39 is 35.4 Å². The topological polar surface area (TPSA) is 96.5 Å². The van der Waals surface area contributed by atoms with E-state index in [1.54, 1.807) is 11.9 Å². The van der Waals surface area contributed by atoms with Crippen molar-refractivity contribution < 1.29 is 31.8 Å². The van der Waals surface area contributed by atoms with Gasteiger partial charge in [-0.15, -0.1) is 13.2 Å². The lowest BCUT2D eigenvalue weighted by atomic mass is 10.1. The van der Waals surface area contributed by atoms with Crippen molar-refractivity contribution in [3.63, 3.8) is 0 Å². The molecule has 0 fully saturated rings. The Morgan fingerprint density at radius 1 is 1.29 bits per heavy atom. The highest BCUT2D eigenvalue weighted by Crippen LogP contribution is 2.28. The molecule has 1 aromatic carbocycles. The Morgan fingerprint density at radius 2 is 1.97 bits per heavy atom. The van der Waals surface area contributed by atoms with Crippen LogP contribution in [0.25, 0.3) is 0 Å². The zero-order chi connectivity index (χ0) is 23.3. The number of carbonyl (C=O) groups is 1. The molecule has 1 amide bonds. The Hall–Kier alpha value is -3.15. The summed E-state index contributed by atoms with van der Waals surface area (Å²) in [4.78, 5) is 32.9. The molecule has 31 heavy (non-hydrogen) atoms. The number of aromatic nitrogens is 2. The van der Waals surface area contributed by atoms with Crippen LogP contribution in [0.4, 0.5) is 23.5 Å². The van der Waals surface area contributed by atoms with E-state index in [-0.39, 0.29) is 29.9 Å². The second-order valence-corrected chi connectivity index (χ2v) is 6.88. The number of amides is 1. The maximum absolute atomic E-state index is 14.1. The highest BCUT2D eigenvalue weighted by atomic mass is 19.4. The summed E-state index contributed by atoms with van der Waals surface area (Å²) in [7, 11) is 3.02. The predicted molar refractivity (Wildman–Crippen MR) is 104 cm³/mol. The van der Waals surface area contributed by atoms with E-state index in [0.717, 1.165) is 24.3 Å². The van der Waals surface area contributed by atoms with E-state index in [4.69, 9.17) is 4.74 Å². The van der Waals surface area contributed by atoms with Gasteiger partial charge < -0.3 is 19.7 Å². The van der Waals surface area contributed by atoms with Gasteiger partial charge in [-0.05, 0) is 31.5 Å². The number of carbonyl (C=O) groups excluding carboxylic acids is 1. The molecule has 0 aliphatic rings. The second-order valence-electron chi connectivity index (χ2n) is 6.88. The van der Waals surface area contributed by atoms with Crippen LogP contribution >= 0.6 is 0 Å². The first-order valence-corrected chi connectivity index (χ1v) is 9.10. The Bertz CT molecular complexity index is 978. The van der Waals surface area contributed by atoms with Crippen LogP contribution in [0.1, 0.15) is 35.9 Å². The van der Waals surface area contributed by atoms with Crippen LogP contribution in [-0.2, 0) is 4.74 Å². The molecular weight excluding hydrogens is 424 g/mol. The van der Waals surface area contributed by atoms with E-state index in [1.165, 1.54) is 7.11 Å². The molecule has 0 radical (unpaired) electrons. The maximum atomic E-state index is 14.1. The minimum atomic E-state index is -5.05. The number of alkyl halides is 3. The highest BCUT2D eigenvalue weighted by Gasteiger charge is 2.32. The Balaban J connectivity index is 2.29. The van der Waals surface area contributed by atoms with E-state index >= 15 is 0 Å². The van der Waals surface area contributed by atoms with Crippen LogP contribution in [-0.4, -0.2) is 49.0 Å². The van der Waals surface area contributed by atoms with Crippen LogP contribution in [0.15, 0.2) is 29.1 Å². The van der Waals surface area contributed by atoms with Crippen molar-refractivity contribution in [3.05, 3.63) is 51.7 Å². The Kier molecular flexibility index (Phi) is 7.60. The molecule has 170 valence electrons. The minimum Gasteiger partial charge on any atom is -0.403 e. The Morgan fingerprint density at radius 3 is 2.52 bits per heavy atom. The number of nitrogens with zero attached hydrogens (tertiary/aromatic N) is 2. The molecule has 2 aromatic rings. The van der Waals surface area contributed by atoms with Gasteiger partial charge in [0.25, 0.3) is 11.5 Å². The molecule has 0 bridgehead atoms. The number of anilines is 1. The number of hydrogen-bond donors (Lipinski definition) is 2. The number of benzene rings is 1. The fourth-order valence-electron chi connectivity index (χ4n) is 2.53. The van der Waals surface area contributed by atoms with Gasteiger partial charge in [-0.1, -0.05) is 6.07 Å². The third-order valence-corrected chi connectivity index (χ3v) is 4.29. The van der Waals surface area contributed by atoms with E-state index in [9.17, 15) is 27.2 Å². The summed E-state index contributed by atoms with van der Waals surface area (Å²) in [6.45, 7) is 3.61. The van der Waals surface area contributed by atoms with Crippen molar-refractivity contribution in [2.45, 2.75) is 32.3 Å². The third-order valence-electron chi connectivity index (χ3n) is 4.29. The van der Waals surface area contributed by atoms with Gasteiger partial charge in [0.05, 0.1) is 12.6 Å². The average molecular weight is 446 g/mol. The first-order valence-electron chi connectivity index (χ1n) is 9.10. The van der Waals surface area contributed by atoms with Gasteiger partial charge in [-0.25, -0.2) is 9.37 Å². The normalized spacial score (nSPS) is 12.5. The van der Waals surface area contributed by atoms with Crippen molar-refractivity contribution in [2.75, 3.05) is 25.7 Å². The first-order chi connectivity index (χ1) is 14.4. The summed E-state index contributed by atoms with van der Waals surface area (Å²) in [5.74, 6) is -2.84. The molecule has 2 rings (SSSR count). The monoisotopic (exact) mass is 446 g/mol. The quantitative estimate of drug-likeness (QED) is 0.606. The van der Waals surface area contributed by atoms with Gasteiger partial charge in [-0.2, -0.15) is 0 Å². The first kappa shape index (κ1) is 24.1. The molecule has 2 N–H and O–H groups in total. The summed E-state index contributed by atoms with van der Waals surface area (Å²) in [6.07, 6.45) is -5.05. The molecule has 0 saturated heterocycles. The van der Waals surface area contributed by atoms with Crippen LogP contribution in [0.5, 0.6) is 5.75 Å². The van der Waals surface area contributed by atoms with Crippen molar-refractivity contribution in [1.29, 1.82) is 0 Å². The summed E-state index contributed by atoms with van der Waals surface area (Å²) in [6, 6.07) is 2.82. The van der Waals surface area contributed by atoms with Crippen LogP contribution in [0.3, 0.4) is 0 Å². The fourth-order valence-corrected chi connectivity index (χ4v) is 2.53. The second kappa shape index (κ2) is 9.77.